The van der Waals surface area contributed by atoms with E-state index in [2.05, 4.69) is 4.98 Å². The minimum absolute atomic E-state index is 0.0111. The molecule has 8 heteroatoms. The van der Waals surface area contributed by atoms with E-state index in [1.165, 1.54) is 0 Å². The lowest BCUT2D eigenvalue weighted by Gasteiger charge is -2.24. The Morgan fingerprint density at radius 3 is 2.39 bits per heavy atom. The number of amides is 1. The molecule has 0 N–H and O–H groups in total. The van der Waals surface area contributed by atoms with Crippen molar-refractivity contribution in [2.24, 2.45) is 5.92 Å². The van der Waals surface area contributed by atoms with Gasteiger partial charge in [-0.2, -0.15) is 0 Å². The van der Waals surface area contributed by atoms with Gasteiger partial charge in [0.2, 0.25) is 15.0 Å². The molecule has 0 aliphatic heterocycles. The Hall–Kier alpha value is -2.97. The summed E-state index contributed by atoms with van der Waals surface area (Å²) < 4.78 is 33.4. The molecule has 174 valence electrons. The predicted molar refractivity (Wildman–Crippen MR) is 125 cm³/mol. The number of methoxy groups -OCH3 is 1. The fraction of sp³-hybridized carbons (Fsp3) is 0.360. The van der Waals surface area contributed by atoms with Gasteiger partial charge in [-0.1, -0.05) is 48.5 Å². The number of carbonyl (C=O) groups is 1. The fourth-order valence-electron chi connectivity index (χ4n) is 3.84. The Bertz CT molecular complexity index is 1170. The summed E-state index contributed by atoms with van der Waals surface area (Å²) in [6, 6.07) is 18.3. The second kappa shape index (κ2) is 10.3. The molecule has 1 aliphatic carbocycles. The summed E-state index contributed by atoms with van der Waals surface area (Å²) in [7, 11) is -2.10. The molecule has 1 fully saturated rings. The molecular weight excluding hydrogens is 438 g/mol. The SMILES string of the molecule is COCCn1c(CN(CC2CC2)C(=O)c2ccccc2)cnc1S(=O)(=O)Cc1ccccc1. The van der Waals surface area contributed by atoms with Gasteiger partial charge in [0.1, 0.15) is 0 Å². The first-order valence-corrected chi connectivity index (χ1v) is 12.8. The molecule has 1 aromatic heterocycles. The third-order valence-electron chi connectivity index (χ3n) is 5.73. The van der Waals surface area contributed by atoms with Crippen molar-refractivity contribution in [1.82, 2.24) is 14.5 Å². The molecule has 7 nitrogen and oxygen atoms in total. The highest BCUT2D eigenvalue weighted by Gasteiger charge is 2.30. The van der Waals surface area contributed by atoms with E-state index in [-0.39, 0.29) is 16.8 Å². The zero-order valence-corrected chi connectivity index (χ0v) is 19.6. The van der Waals surface area contributed by atoms with Gasteiger partial charge in [-0.25, -0.2) is 13.4 Å². The number of rotatable bonds is 11. The molecule has 0 bridgehead atoms. The summed E-state index contributed by atoms with van der Waals surface area (Å²) in [5, 5.41) is 0.0111. The smallest absolute Gasteiger partial charge is 0.254 e. The van der Waals surface area contributed by atoms with Crippen LogP contribution in [0.3, 0.4) is 0 Å². The quantitative estimate of drug-likeness (QED) is 0.431. The maximum Gasteiger partial charge on any atom is 0.254 e. The second-order valence-electron chi connectivity index (χ2n) is 8.42. The van der Waals surface area contributed by atoms with Crippen molar-refractivity contribution in [1.29, 1.82) is 0 Å². The van der Waals surface area contributed by atoms with Gasteiger partial charge in [0, 0.05) is 25.8 Å². The molecule has 4 rings (SSSR count). The van der Waals surface area contributed by atoms with Gasteiger partial charge >= 0.3 is 0 Å². The van der Waals surface area contributed by atoms with Crippen LogP contribution in [-0.4, -0.2) is 49.0 Å². The van der Waals surface area contributed by atoms with Crippen LogP contribution >= 0.6 is 0 Å². The molecule has 1 heterocycles. The van der Waals surface area contributed by atoms with E-state index in [1.807, 2.05) is 36.4 Å². The van der Waals surface area contributed by atoms with Crippen LogP contribution in [0.1, 0.15) is 34.5 Å². The summed E-state index contributed by atoms with van der Waals surface area (Å²) in [6.45, 7) is 1.62. The third kappa shape index (κ3) is 5.89. The van der Waals surface area contributed by atoms with Gasteiger partial charge in [-0.3, -0.25) is 4.79 Å². The van der Waals surface area contributed by atoms with Gasteiger partial charge < -0.3 is 14.2 Å². The van der Waals surface area contributed by atoms with Crippen molar-refractivity contribution in [2.75, 3.05) is 20.3 Å². The van der Waals surface area contributed by atoms with E-state index < -0.39 is 9.84 Å². The molecule has 0 unspecified atom stereocenters. The minimum Gasteiger partial charge on any atom is -0.383 e. The molecule has 2 aromatic carbocycles. The molecule has 0 atom stereocenters. The van der Waals surface area contributed by atoms with E-state index in [4.69, 9.17) is 4.74 Å². The summed E-state index contributed by atoms with van der Waals surface area (Å²) in [4.78, 5) is 19.3. The van der Waals surface area contributed by atoms with Crippen molar-refractivity contribution in [3.63, 3.8) is 0 Å². The van der Waals surface area contributed by atoms with Crippen molar-refractivity contribution >= 4 is 15.7 Å². The maximum absolute atomic E-state index is 13.2. The first-order chi connectivity index (χ1) is 16.0. The van der Waals surface area contributed by atoms with Crippen molar-refractivity contribution < 1.29 is 17.9 Å². The van der Waals surface area contributed by atoms with Crippen molar-refractivity contribution in [3.05, 3.63) is 83.7 Å². The molecule has 3 aromatic rings. The van der Waals surface area contributed by atoms with E-state index in [9.17, 15) is 13.2 Å². The first-order valence-electron chi connectivity index (χ1n) is 11.1. The van der Waals surface area contributed by atoms with E-state index in [0.717, 1.165) is 12.8 Å². The highest BCUT2D eigenvalue weighted by molar-refractivity contribution is 7.90. The van der Waals surface area contributed by atoms with Gasteiger partial charge in [0.05, 0.1) is 30.8 Å². The van der Waals surface area contributed by atoms with Gasteiger partial charge in [-0.15, -0.1) is 0 Å². The lowest BCUT2D eigenvalue weighted by atomic mass is 10.2. The van der Waals surface area contributed by atoms with E-state index >= 15 is 0 Å². The summed E-state index contributed by atoms with van der Waals surface area (Å²) in [6.07, 6.45) is 3.79. The lowest BCUT2D eigenvalue weighted by Crippen LogP contribution is -2.33. The Balaban J connectivity index is 1.63. The predicted octanol–water partition coefficient (Wildman–Crippen LogP) is 3.56. The molecular formula is C25H29N3O4S. The number of aromatic nitrogens is 2. The molecule has 0 spiro atoms. The number of benzene rings is 2. The fourth-order valence-corrected chi connectivity index (χ4v) is 5.35. The number of sulfone groups is 1. The number of imidazole rings is 1. The number of hydrogen-bond acceptors (Lipinski definition) is 5. The lowest BCUT2D eigenvalue weighted by molar-refractivity contribution is 0.0729. The van der Waals surface area contributed by atoms with Gasteiger partial charge in [-0.05, 0) is 36.5 Å². The topological polar surface area (TPSA) is 81.5 Å². The maximum atomic E-state index is 13.2. The highest BCUT2D eigenvalue weighted by Crippen LogP contribution is 2.31. The van der Waals surface area contributed by atoms with Crippen LogP contribution in [0.2, 0.25) is 0 Å². The molecule has 1 aliphatic rings. The number of carbonyl (C=O) groups excluding carboxylic acids is 1. The van der Waals surface area contributed by atoms with Crippen molar-refractivity contribution in [2.45, 2.75) is 36.8 Å². The van der Waals surface area contributed by atoms with Gasteiger partial charge in [0.25, 0.3) is 5.91 Å². The van der Waals surface area contributed by atoms with Crippen LogP contribution in [0, 0.1) is 5.92 Å². The minimum atomic E-state index is -3.68. The zero-order valence-electron chi connectivity index (χ0n) is 18.8. The third-order valence-corrected chi connectivity index (χ3v) is 7.33. The number of hydrogen-bond donors (Lipinski definition) is 0. The first kappa shape index (κ1) is 23.2. The summed E-state index contributed by atoms with van der Waals surface area (Å²) >= 11 is 0. The van der Waals surface area contributed by atoms with Crippen LogP contribution in [0.25, 0.3) is 0 Å². The molecule has 1 amide bonds. The second-order valence-corrected chi connectivity index (χ2v) is 10.3. The molecule has 1 saturated carbocycles. The molecule has 33 heavy (non-hydrogen) atoms. The standard InChI is InChI=1S/C25H29N3O4S/c1-32-15-14-28-23(16-26-25(28)33(30,31)19-21-8-4-2-5-9-21)18-27(17-20-12-13-20)24(29)22-10-6-3-7-11-22/h2-11,16,20H,12-15,17-19H2,1H3. The highest BCUT2D eigenvalue weighted by atomic mass is 32.2. The van der Waals surface area contributed by atoms with E-state index in [0.29, 0.717) is 49.0 Å². The van der Waals surface area contributed by atoms with E-state index in [1.54, 1.807) is 47.0 Å². The average molecular weight is 468 g/mol. The Morgan fingerprint density at radius 1 is 1.09 bits per heavy atom. The van der Waals surface area contributed by atoms with Crippen LogP contribution in [0.5, 0.6) is 0 Å². The average Bonchev–Trinajstić information content (AvgIpc) is 3.55. The van der Waals surface area contributed by atoms with Crippen LogP contribution in [0.15, 0.2) is 72.0 Å². The summed E-state index contributed by atoms with van der Waals surface area (Å²) in [5.41, 5.74) is 2.01. The normalized spacial score (nSPS) is 13.7. The number of ether oxygens (including phenoxy) is 1. The molecule has 0 radical (unpaired) electrons. The molecule has 0 saturated heterocycles. The summed E-state index contributed by atoms with van der Waals surface area (Å²) in [5.74, 6) is 0.302. The number of nitrogens with zero attached hydrogens (tertiary/aromatic N) is 3. The Morgan fingerprint density at radius 2 is 1.76 bits per heavy atom. The van der Waals surface area contributed by atoms with Crippen LogP contribution in [0.4, 0.5) is 0 Å². The van der Waals surface area contributed by atoms with Crippen molar-refractivity contribution in [3.8, 4) is 0 Å². The largest absolute Gasteiger partial charge is 0.383 e. The van der Waals surface area contributed by atoms with Crippen LogP contribution in [-0.2, 0) is 33.4 Å². The van der Waals surface area contributed by atoms with Gasteiger partial charge in [0.15, 0.2) is 0 Å². The monoisotopic (exact) mass is 467 g/mol. The van der Waals surface area contributed by atoms with Crippen LogP contribution < -0.4 is 0 Å². The Labute approximate surface area is 194 Å². The Kier molecular flexibility index (Phi) is 7.25. The zero-order chi connectivity index (χ0) is 23.3.